The van der Waals surface area contributed by atoms with E-state index >= 15 is 0 Å². The molecule has 2 N–H and O–H groups in total. The van der Waals surface area contributed by atoms with Gasteiger partial charge in [-0.1, -0.05) is 53.6 Å². The van der Waals surface area contributed by atoms with Crippen molar-refractivity contribution in [2.75, 3.05) is 63.1 Å². The number of hydrogen-bond acceptors (Lipinski definition) is 10. The van der Waals surface area contributed by atoms with Crippen LogP contribution in [0.4, 0.5) is 17.1 Å². The quantitative estimate of drug-likeness (QED) is 0.135. The largest absolute Gasteiger partial charge is 0.456 e. The smallest absolute Gasteiger partial charge is 0.268 e. The Balaban J connectivity index is 1.00. The highest BCUT2D eigenvalue weighted by atomic mass is 35.5. The molecule has 0 radical (unpaired) electrons. The fraction of sp³-hybridized carbons (Fsp3) is 0.356. The molecule has 2 aliphatic carbocycles. The summed E-state index contributed by atoms with van der Waals surface area (Å²) in [5.41, 5.74) is 7.63. The molecule has 4 aliphatic rings. The molecule has 302 valence electrons. The summed E-state index contributed by atoms with van der Waals surface area (Å²) in [5, 5.41) is 7.21. The molecule has 58 heavy (non-hydrogen) atoms. The molecule has 0 saturated carbocycles. The molecule has 4 aromatic rings. The summed E-state index contributed by atoms with van der Waals surface area (Å²) < 4.78 is 36.1. The normalized spacial score (nSPS) is 17.9. The van der Waals surface area contributed by atoms with E-state index in [0.717, 1.165) is 99.8 Å². The van der Waals surface area contributed by atoms with Gasteiger partial charge < -0.3 is 19.9 Å². The van der Waals surface area contributed by atoms with Crippen LogP contribution in [0.15, 0.2) is 101 Å². The standard InChI is InChI=1S/C45H49ClN6O5S/c1-50-22-20-35(21-23-50)47-41-19-17-37(29-42(41)48-54)58(55,56)49-45(53)40-18-16-36(28-44(40)57-43-11-5-8-31-7-4-10-39(31)43)52-26-24-51(25-27-52)30-33-6-2-3-9-38(33)32-12-14-34(46)15-13-32/h4-5,8,10-19,28-29,35,47H,2-3,6-7,9,20-27,30H2,1H3,(H,49,53). The molecule has 8 rings (SSSR count). The summed E-state index contributed by atoms with van der Waals surface area (Å²) in [4.78, 5) is 32.6. The van der Waals surface area contributed by atoms with E-state index in [0.29, 0.717) is 11.4 Å². The van der Waals surface area contributed by atoms with Gasteiger partial charge in [-0.15, -0.1) is 4.91 Å². The maximum Gasteiger partial charge on any atom is 0.268 e. The number of nitrogens with zero attached hydrogens (tertiary/aromatic N) is 4. The second-order valence-corrected chi connectivity index (χ2v) is 17.8. The molecular weight excluding hydrogens is 772 g/mol. The average molecular weight is 821 g/mol. The number of amides is 1. The second kappa shape index (κ2) is 17.5. The molecule has 2 heterocycles. The summed E-state index contributed by atoms with van der Waals surface area (Å²) in [6, 6.07) is 23.6. The van der Waals surface area contributed by atoms with Gasteiger partial charge in [0.25, 0.3) is 15.9 Å². The molecular formula is C45H49ClN6O5S. The molecule has 1 amide bonds. The van der Waals surface area contributed by atoms with Crippen LogP contribution in [-0.2, 0) is 16.4 Å². The molecule has 0 spiro atoms. The summed E-state index contributed by atoms with van der Waals surface area (Å²) in [7, 11) is -2.33. The van der Waals surface area contributed by atoms with Crippen molar-refractivity contribution in [1.82, 2.24) is 14.5 Å². The van der Waals surface area contributed by atoms with E-state index in [-0.39, 0.29) is 27.9 Å². The summed E-state index contributed by atoms with van der Waals surface area (Å²) >= 11 is 6.19. The van der Waals surface area contributed by atoms with Gasteiger partial charge in [-0.2, -0.15) is 0 Å². The van der Waals surface area contributed by atoms with Gasteiger partial charge in [0.05, 0.1) is 16.1 Å². The maximum absolute atomic E-state index is 13.9. The number of piperidine rings is 1. The van der Waals surface area contributed by atoms with Gasteiger partial charge in [-0.3, -0.25) is 9.69 Å². The Bertz CT molecular complexity index is 2350. The number of likely N-dealkylation sites (tertiary alicyclic amines) is 1. The number of carbonyl (C=O) groups is 1. The zero-order valence-electron chi connectivity index (χ0n) is 32.8. The lowest BCUT2D eigenvalue weighted by molar-refractivity contribution is 0.0979. The minimum Gasteiger partial charge on any atom is -0.456 e. The average Bonchev–Trinajstić information content (AvgIpc) is 3.73. The Morgan fingerprint density at radius 2 is 1.67 bits per heavy atom. The molecule has 2 fully saturated rings. The van der Waals surface area contributed by atoms with Crippen molar-refractivity contribution >= 4 is 56.2 Å². The zero-order valence-corrected chi connectivity index (χ0v) is 34.3. The molecule has 0 bridgehead atoms. The monoisotopic (exact) mass is 820 g/mol. The third kappa shape index (κ3) is 9.00. The zero-order chi connectivity index (χ0) is 40.2. The third-order valence-electron chi connectivity index (χ3n) is 11.8. The molecule has 2 aliphatic heterocycles. The van der Waals surface area contributed by atoms with Gasteiger partial charge in [0.15, 0.2) is 0 Å². The number of benzene rings is 4. The molecule has 4 aromatic carbocycles. The molecule has 2 saturated heterocycles. The molecule has 0 unspecified atom stereocenters. The van der Waals surface area contributed by atoms with Crippen molar-refractivity contribution in [3.8, 4) is 11.5 Å². The van der Waals surface area contributed by atoms with Crippen molar-refractivity contribution < 1.29 is 17.9 Å². The van der Waals surface area contributed by atoms with Crippen LogP contribution in [0.3, 0.4) is 0 Å². The van der Waals surface area contributed by atoms with Crippen molar-refractivity contribution in [1.29, 1.82) is 0 Å². The highest BCUT2D eigenvalue weighted by Crippen LogP contribution is 2.38. The Morgan fingerprint density at radius 1 is 0.897 bits per heavy atom. The summed E-state index contributed by atoms with van der Waals surface area (Å²) in [6.45, 7) is 6.06. The lowest BCUT2D eigenvalue weighted by atomic mass is 9.87. The number of nitrogens with one attached hydrogen (secondary N) is 2. The van der Waals surface area contributed by atoms with Crippen LogP contribution in [0.1, 0.15) is 65.6 Å². The number of anilines is 2. The SMILES string of the molecule is CN1CCC(Nc2ccc(S(=O)(=O)NC(=O)c3ccc(N4CCN(CC5=C(c6ccc(Cl)cc6)CCCC5)CC4)cc3Oc3cccc4c3C=CC4)cc2N=O)CC1. The van der Waals surface area contributed by atoms with Crippen molar-refractivity contribution in [3.63, 3.8) is 0 Å². The van der Waals surface area contributed by atoms with E-state index < -0.39 is 15.9 Å². The highest BCUT2D eigenvalue weighted by molar-refractivity contribution is 7.90. The van der Waals surface area contributed by atoms with E-state index in [2.05, 4.69) is 55.2 Å². The second-order valence-electron chi connectivity index (χ2n) is 15.7. The number of rotatable bonds is 12. The number of carbonyl (C=O) groups excluding carboxylic acids is 1. The number of ether oxygens (including phenoxy) is 1. The number of fused-ring (bicyclic) bond motifs is 1. The molecule has 0 aromatic heterocycles. The predicted octanol–water partition coefficient (Wildman–Crippen LogP) is 8.87. The van der Waals surface area contributed by atoms with Crippen LogP contribution < -0.4 is 19.7 Å². The van der Waals surface area contributed by atoms with E-state index in [9.17, 15) is 18.1 Å². The predicted molar refractivity (Wildman–Crippen MR) is 232 cm³/mol. The fourth-order valence-corrected chi connectivity index (χ4v) is 9.62. The van der Waals surface area contributed by atoms with Crippen molar-refractivity contribution in [2.45, 2.75) is 55.9 Å². The Labute approximate surface area is 345 Å². The first-order valence-corrected chi connectivity index (χ1v) is 22.0. The first kappa shape index (κ1) is 39.8. The lowest BCUT2D eigenvalue weighted by Gasteiger charge is -2.37. The Kier molecular flexibility index (Phi) is 12.0. The van der Waals surface area contributed by atoms with Gasteiger partial charge in [0, 0.05) is 61.1 Å². The highest BCUT2D eigenvalue weighted by Gasteiger charge is 2.27. The first-order chi connectivity index (χ1) is 28.1. The fourth-order valence-electron chi connectivity index (χ4n) is 8.51. The molecule has 13 heteroatoms. The number of nitroso groups, excluding NO2 is 1. The molecule has 0 atom stereocenters. The van der Waals surface area contributed by atoms with E-state index in [1.165, 1.54) is 47.8 Å². The topological polar surface area (TPSA) is 124 Å². The maximum atomic E-state index is 13.9. The number of halogens is 1. The summed E-state index contributed by atoms with van der Waals surface area (Å²) in [5.74, 6) is -0.0214. The summed E-state index contributed by atoms with van der Waals surface area (Å²) in [6.07, 6.45) is 11.2. The van der Waals surface area contributed by atoms with Crippen LogP contribution in [0.25, 0.3) is 11.6 Å². The van der Waals surface area contributed by atoms with Gasteiger partial charge in [0.2, 0.25) is 0 Å². The van der Waals surface area contributed by atoms with Gasteiger partial charge in [0.1, 0.15) is 17.2 Å². The van der Waals surface area contributed by atoms with Crippen LogP contribution in [-0.4, -0.2) is 83.0 Å². The number of hydrogen-bond donors (Lipinski definition) is 2. The minimum absolute atomic E-state index is 0.0359. The van der Waals surface area contributed by atoms with Crippen LogP contribution in [0.5, 0.6) is 11.5 Å². The number of piperazine rings is 1. The third-order valence-corrected chi connectivity index (χ3v) is 13.4. The van der Waals surface area contributed by atoms with Gasteiger partial charge >= 0.3 is 0 Å². The van der Waals surface area contributed by atoms with E-state index in [1.807, 2.05) is 48.5 Å². The molecule has 11 nitrogen and oxygen atoms in total. The van der Waals surface area contributed by atoms with Crippen molar-refractivity contribution in [3.05, 3.63) is 123 Å². The van der Waals surface area contributed by atoms with Gasteiger partial charge in [-0.05, 0) is 135 Å². The van der Waals surface area contributed by atoms with Crippen LogP contribution in [0, 0.1) is 4.91 Å². The van der Waals surface area contributed by atoms with E-state index in [1.54, 1.807) is 6.07 Å². The van der Waals surface area contributed by atoms with Crippen LogP contribution in [0.2, 0.25) is 5.02 Å². The first-order valence-electron chi connectivity index (χ1n) is 20.2. The van der Waals surface area contributed by atoms with Gasteiger partial charge in [-0.25, -0.2) is 13.1 Å². The lowest BCUT2D eigenvalue weighted by Crippen LogP contribution is -2.47. The van der Waals surface area contributed by atoms with E-state index in [4.69, 9.17) is 16.3 Å². The Morgan fingerprint density at radius 3 is 2.45 bits per heavy atom. The number of allylic oxidation sites excluding steroid dienone is 2. The number of sulfonamides is 1. The van der Waals surface area contributed by atoms with Crippen LogP contribution >= 0.6 is 11.6 Å². The van der Waals surface area contributed by atoms with Crippen molar-refractivity contribution in [2.24, 2.45) is 5.18 Å². The Hall–Kier alpha value is -5.01. The minimum atomic E-state index is -4.39.